The van der Waals surface area contributed by atoms with Crippen molar-refractivity contribution < 1.29 is 4.79 Å². The number of aromatic nitrogens is 2. The van der Waals surface area contributed by atoms with Gasteiger partial charge in [0.25, 0.3) is 0 Å². The maximum atomic E-state index is 11.9. The minimum atomic E-state index is 0.189. The Morgan fingerprint density at radius 1 is 1.17 bits per heavy atom. The third kappa shape index (κ3) is 3.43. The summed E-state index contributed by atoms with van der Waals surface area (Å²) in [4.78, 5) is 20.6. The molecule has 1 heterocycles. The molecule has 0 fully saturated rings. The first-order valence-electron chi connectivity index (χ1n) is 8.13. The van der Waals surface area contributed by atoms with Crippen LogP contribution in [0, 0.1) is 13.8 Å². The van der Waals surface area contributed by atoms with Gasteiger partial charge in [-0.2, -0.15) is 0 Å². The summed E-state index contributed by atoms with van der Waals surface area (Å²) in [5, 5.41) is 0. The summed E-state index contributed by atoms with van der Waals surface area (Å²) in [6.45, 7) is 4.17. The Balaban J connectivity index is 1.87. The van der Waals surface area contributed by atoms with Gasteiger partial charge in [-0.3, -0.25) is 4.79 Å². The van der Waals surface area contributed by atoms with Gasteiger partial charge in [-0.1, -0.05) is 36.4 Å². The molecule has 4 nitrogen and oxygen atoms in total. The number of rotatable bonds is 4. The van der Waals surface area contributed by atoms with E-state index in [1.54, 1.807) is 0 Å². The van der Waals surface area contributed by atoms with Gasteiger partial charge in [0.1, 0.15) is 0 Å². The molecule has 0 spiro atoms. The number of ketones is 1. The quantitative estimate of drug-likeness (QED) is 0.932. The monoisotopic (exact) mass is 319 g/mol. The predicted molar refractivity (Wildman–Crippen MR) is 96.5 cm³/mol. The van der Waals surface area contributed by atoms with E-state index in [2.05, 4.69) is 29.9 Å². The number of carbonyl (C=O) groups excluding carboxylic acids is 1. The first-order chi connectivity index (χ1) is 11.5. The van der Waals surface area contributed by atoms with Gasteiger partial charge in [0.2, 0.25) is 5.95 Å². The molecule has 24 heavy (non-hydrogen) atoms. The van der Waals surface area contributed by atoms with Gasteiger partial charge >= 0.3 is 0 Å². The van der Waals surface area contributed by atoms with E-state index < -0.39 is 0 Å². The second-order valence-electron chi connectivity index (χ2n) is 6.10. The van der Waals surface area contributed by atoms with Crippen molar-refractivity contribution in [2.75, 3.05) is 5.73 Å². The molecule has 0 unspecified atom stereocenters. The molecule has 4 heteroatoms. The van der Waals surface area contributed by atoms with E-state index in [1.807, 2.05) is 36.4 Å². The van der Waals surface area contributed by atoms with Crippen LogP contribution in [0.15, 0.2) is 48.1 Å². The van der Waals surface area contributed by atoms with Crippen LogP contribution in [0.5, 0.6) is 0 Å². The number of hydrogen-bond donors (Lipinski definition) is 1. The number of aryl methyl sites for hydroxylation is 2. The molecule has 2 aromatic rings. The van der Waals surface area contributed by atoms with Gasteiger partial charge in [-0.25, -0.2) is 9.97 Å². The van der Waals surface area contributed by atoms with Gasteiger partial charge in [-0.15, -0.1) is 0 Å². The van der Waals surface area contributed by atoms with Crippen LogP contribution in [0.25, 0.3) is 11.3 Å². The highest BCUT2D eigenvalue weighted by Gasteiger charge is 2.13. The second-order valence-corrected chi connectivity index (χ2v) is 6.10. The summed E-state index contributed by atoms with van der Waals surface area (Å²) >= 11 is 0. The number of benzene rings is 1. The van der Waals surface area contributed by atoms with Gasteiger partial charge in [-0.05, 0) is 49.5 Å². The normalized spacial score (nSPS) is 13.9. The number of hydrogen-bond acceptors (Lipinski definition) is 4. The lowest BCUT2D eigenvalue weighted by molar-refractivity contribution is -0.115. The largest absolute Gasteiger partial charge is 0.368 e. The van der Waals surface area contributed by atoms with Gasteiger partial charge in [0.15, 0.2) is 5.78 Å². The zero-order valence-electron chi connectivity index (χ0n) is 14.0. The summed E-state index contributed by atoms with van der Waals surface area (Å²) in [6, 6.07) is 8.13. The van der Waals surface area contributed by atoms with E-state index in [9.17, 15) is 4.79 Å². The minimum absolute atomic E-state index is 0.189. The predicted octanol–water partition coefficient (Wildman–Crippen LogP) is 3.73. The molecule has 1 aliphatic rings. The Hall–Kier alpha value is -2.75. The molecule has 0 bridgehead atoms. The lowest BCUT2D eigenvalue weighted by atomic mass is 9.97. The first-order valence-corrected chi connectivity index (χ1v) is 8.13. The summed E-state index contributed by atoms with van der Waals surface area (Å²) in [7, 11) is 0. The average Bonchev–Trinajstić information content (AvgIpc) is 2.56. The molecule has 3 rings (SSSR count). The molecule has 0 saturated carbocycles. The number of allylic oxidation sites excluding steroid dienone is 4. The molecule has 0 atom stereocenters. The number of nitrogens with two attached hydrogens (primary N) is 1. The van der Waals surface area contributed by atoms with E-state index in [-0.39, 0.29) is 11.7 Å². The summed E-state index contributed by atoms with van der Waals surface area (Å²) in [5.74, 6) is 0.460. The third-order valence-corrected chi connectivity index (χ3v) is 4.42. The molecule has 0 amide bonds. The van der Waals surface area contributed by atoms with Crippen LogP contribution in [-0.2, 0) is 11.2 Å². The lowest BCUT2D eigenvalue weighted by Crippen LogP contribution is -2.07. The van der Waals surface area contributed by atoms with Crippen molar-refractivity contribution in [1.82, 2.24) is 9.97 Å². The van der Waals surface area contributed by atoms with Crippen LogP contribution < -0.4 is 5.73 Å². The van der Waals surface area contributed by atoms with Crippen LogP contribution in [0.3, 0.4) is 0 Å². The van der Waals surface area contributed by atoms with Crippen molar-refractivity contribution >= 4 is 11.7 Å². The fraction of sp³-hybridized carbons (Fsp3) is 0.250. The van der Waals surface area contributed by atoms with Crippen molar-refractivity contribution in [3.8, 4) is 11.3 Å². The van der Waals surface area contributed by atoms with Crippen LogP contribution in [0.2, 0.25) is 0 Å². The molecule has 1 aromatic carbocycles. The molecule has 0 saturated heterocycles. The van der Waals surface area contributed by atoms with E-state index in [4.69, 9.17) is 5.73 Å². The third-order valence-electron chi connectivity index (χ3n) is 4.42. The average molecular weight is 319 g/mol. The molecule has 1 aromatic heterocycles. The van der Waals surface area contributed by atoms with E-state index in [0.29, 0.717) is 19.3 Å². The smallest absolute Gasteiger partial charge is 0.220 e. The molecule has 0 aliphatic heterocycles. The molecule has 2 N–H and O–H groups in total. The van der Waals surface area contributed by atoms with Crippen molar-refractivity contribution in [1.29, 1.82) is 0 Å². The number of anilines is 1. The standard InChI is InChI=1S/C20H21N3O/c1-13-6-5-8-17(14(13)2)18-12-16(22-20(21)23-18)11-10-15-7-3-4-9-19(15)24/h3-8,12H,9-11H2,1-2H3,(H2,21,22,23). The van der Waals surface area contributed by atoms with E-state index in [0.717, 1.165) is 22.5 Å². The van der Waals surface area contributed by atoms with Crippen molar-refractivity contribution in [2.45, 2.75) is 33.1 Å². The zero-order valence-corrected chi connectivity index (χ0v) is 14.0. The zero-order chi connectivity index (χ0) is 17.1. The van der Waals surface area contributed by atoms with E-state index >= 15 is 0 Å². The van der Waals surface area contributed by atoms with Crippen LogP contribution >= 0.6 is 0 Å². The maximum absolute atomic E-state index is 11.9. The molecular formula is C20H21N3O. The Kier molecular flexibility index (Phi) is 4.56. The fourth-order valence-electron chi connectivity index (χ4n) is 2.88. The van der Waals surface area contributed by atoms with E-state index in [1.165, 1.54) is 11.1 Å². The maximum Gasteiger partial charge on any atom is 0.220 e. The summed E-state index contributed by atoms with van der Waals surface area (Å²) in [5.41, 5.74) is 11.9. The van der Waals surface area contributed by atoms with Crippen LogP contribution in [0.1, 0.15) is 29.7 Å². The molecule has 1 aliphatic carbocycles. The topological polar surface area (TPSA) is 68.9 Å². The molecule has 0 radical (unpaired) electrons. The van der Waals surface area contributed by atoms with Crippen LogP contribution in [-0.4, -0.2) is 15.8 Å². The lowest BCUT2D eigenvalue weighted by Gasteiger charge is -2.11. The van der Waals surface area contributed by atoms with Crippen molar-refractivity contribution in [2.24, 2.45) is 0 Å². The van der Waals surface area contributed by atoms with Gasteiger partial charge < -0.3 is 5.73 Å². The number of Topliss-reactive ketones (excluding diaryl/α,β-unsaturated/α-hetero) is 1. The van der Waals surface area contributed by atoms with Gasteiger partial charge in [0.05, 0.1) is 5.69 Å². The highest BCUT2D eigenvalue weighted by Crippen LogP contribution is 2.25. The van der Waals surface area contributed by atoms with Gasteiger partial charge in [0, 0.05) is 17.7 Å². The SMILES string of the molecule is Cc1cccc(-c2cc(CCC3=CC=CCC3=O)nc(N)n2)c1C. The Morgan fingerprint density at radius 3 is 2.79 bits per heavy atom. The van der Waals surface area contributed by atoms with Crippen molar-refractivity contribution in [3.05, 3.63) is 64.9 Å². The Labute approximate surface area is 142 Å². The summed E-state index contributed by atoms with van der Waals surface area (Å²) < 4.78 is 0. The first kappa shape index (κ1) is 16.1. The van der Waals surface area contributed by atoms with Crippen molar-refractivity contribution in [3.63, 3.8) is 0 Å². The highest BCUT2D eigenvalue weighted by molar-refractivity contribution is 5.97. The van der Waals surface area contributed by atoms with Crippen LogP contribution in [0.4, 0.5) is 5.95 Å². The Bertz CT molecular complexity index is 850. The second kappa shape index (κ2) is 6.79. The Morgan fingerprint density at radius 2 is 2.00 bits per heavy atom. The molecule has 122 valence electrons. The summed E-state index contributed by atoms with van der Waals surface area (Å²) in [6.07, 6.45) is 7.55. The number of nitrogens with zero attached hydrogens (tertiary/aromatic N) is 2. The minimum Gasteiger partial charge on any atom is -0.368 e. The number of carbonyl (C=O) groups is 1. The molecular weight excluding hydrogens is 298 g/mol. The number of nitrogen functional groups attached to an aromatic ring is 1. The fourth-order valence-corrected chi connectivity index (χ4v) is 2.88. The highest BCUT2D eigenvalue weighted by atomic mass is 16.1.